The highest BCUT2D eigenvalue weighted by molar-refractivity contribution is 4.98. The van der Waals surface area contributed by atoms with Gasteiger partial charge in [-0.05, 0) is 12.6 Å². The van der Waals surface area contributed by atoms with E-state index in [2.05, 4.69) is 18.5 Å². The van der Waals surface area contributed by atoms with Gasteiger partial charge >= 0.3 is 0 Å². The summed E-state index contributed by atoms with van der Waals surface area (Å²) in [5, 5.41) is 0. The quantitative estimate of drug-likeness (QED) is 0.439. The van der Waals surface area contributed by atoms with Gasteiger partial charge in [-0.2, -0.15) is 0 Å². The average Bonchev–Trinajstić information content (AvgIpc) is 1.93. The molecule has 9 heavy (non-hydrogen) atoms. The Morgan fingerprint density at radius 1 is 1.67 bits per heavy atom. The summed E-state index contributed by atoms with van der Waals surface area (Å²) >= 11 is 0. The van der Waals surface area contributed by atoms with Gasteiger partial charge in [-0.1, -0.05) is 6.58 Å². The van der Waals surface area contributed by atoms with Crippen molar-refractivity contribution >= 4 is 0 Å². The van der Waals surface area contributed by atoms with E-state index >= 15 is 0 Å². The molecule has 0 bridgehead atoms. The summed E-state index contributed by atoms with van der Waals surface area (Å²) in [6.07, 6.45) is 0. The topological polar surface area (TPSA) is 12.5 Å². The summed E-state index contributed by atoms with van der Waals surface area (Å²) in [5.41, 5.74) is 1.18. The molecule has 1 rings (SSSR count). The first-order chi connectivity index (χ1) is 4.29. The Morgan fingerprint density at radius 3 is 3.22 bits per heavy atom. The largest absolute Gasteiger partial charge is 0.376 e. The van der Waals surface area contributed by atoms with E-state index in [1.165, 1.54) is 5.57 Å². The Morgan fingerprint density at radius 2 is 2.44 bits per heavy atom. The Labute approximate surface area is 56.1 Å². The lowest BCUT2D eigenvalue weighted by atomic mass is 10.3. The van der Waals surface area contributed by atoms with Gasteiger partial charge < -0.3 is 9.64 Å². The van der Waals surface area contributed by atoms with Gasteiger partial charge in [-0.15, -0.1) is 0 Å². The zero-order chi connectivity index (χ0) is 6.69. The molecule has 0 aromatic heterocycles. The highest BCUT2D eigenvalue weighted by Crippen LogP contribution is 1.99. The van der Waals surface area contributed by atoms with Gasteiger partial charge in [-0.25, -0.2) is 0 Å². The van der Waals surface area contributed by atoms with E-state index in [9.17, 15) is 0 Å². The normalized spacial score (nSPS) is 23.9. The zero-order valence-corrected chi connectivity index (χ0v) is 5.89. The van der Waals surface area contributed by atoms with Gasteiger partial charge in [0.1, 0.15) is 0 Å². The van der Waals surface area contributed by atoms with Gasteiger partial charge in [0, 0.05) is 13.1 Å². The second kappa shape index (κ2) is 2.99. The standard InChI is InChI=1S/C7H13NO/c1-7-5-8(2)3-4-9-6-7/h1,3-6H2,2H3. The average molecular weight is 127 g/mol. The molecule has 0 spiro atoms. The molecule has 1 aliphatic rings. The first kappa shape index (κ1) is 6.78. The smallest absolute Gasteiger partial charge is 0.0687 e. The molecule has 0 unspecified atom stereocenters. The fourth-order valence-electron chi connectivity index (χ4n) is 0.943. The number of hydrogen-bond acceptors (Lipinski definition) is 2. The lowest BCUT2D eigenvalue weighted by Gasteiger charge is -2.10. The predicted molar refractivity (Wildman–Crippen MR) is 37.5 cm³/mol. The van der Waals surface area contributed by atoms with Crippen LogP contribution >= 0.6 is 0 Å². The molecule has 0 aromatic carbocycles. The molecule has 0 amide bonds. The van der Waals surface area contributed by atoms with E-state index in [4.69, 9.17) is 4.74 Å². The van der Waals surface area contributed by atoms with Crippen molar-refractivity contribution in [3.63, 3.8) is 0 Å². The van der Waals surface area contributed by atoms with Gasteiger partial charge in [0.15, 0.2) is 0 Å². The molecule has 1 saturated heterocycles. The number of likely N-dealkylation sites (N-methyl/N-ethyl adjacent to an activating group) is 1. The number of rotatable bonds is 0. The van der Waals surface area contributed by atoms with Crippen LogP contribution in [0.5, 0.6) is 0 Å². The van der Waals surface area contributed by atoms with E-state index < -0.39 is 0 Å². The van der Waals surface area contributed by atoms with Crippen LogP contribution in [0.2, 0.25) is 0 Å². The summed E-state index contributed by atoms with van der Waals surface area (Å²) in [6, 6.07) is 0. The zero-order valence-electron chi connectivity index (χ0n) is 5.89. The minimum Gasteiger partial charge on any atom is -0.376 e. The second-order valence-corrected chi connectivity index (χ2v) is 2.54. The van der Waals surface area contributed by atoms with Crippen LogP contribution in [-0.4, -0.2) is 38.3 Å². The first-order valence-electron chi connectivity index (χ1n) is 3.22. The van der Waals surface area contributed by atoms with E-state index in [0.29, 0.717) is 0 Å². The van der Waals surface area contributed by atoms with Crippen LogP contribution in [0.1, 0.15) is 0 Å². The fourth-order valence-corrected chi connectivity index (χ4v) is 0.943. The van der Waals surface area contributed by atoms with Crippen molar-refractivity contribution in [1.82, 2.24) is 4.90 Å². The number of ether oxygens (including phenoxy) is 1. The third-order valence-corrected chi connectivity index (χ3v) is 1.42. The molecule has 0 atom stereocenters. The van der Waals surface area contributed by atoms with E-state index in [1.807, 2.05) is 0 Å². The highest BCUT2D eigenvalue weighted by Gasteiger charge is 2.05. The molecule has 0 aliphatic carbocycles. The maximum absolute atomic E-state index is 5.24. The summed E-state index contributed by atoms with van der Waals surface area (Å²) in [5.74, 6) is 0. The maximum Gasteiger partial charge on any atom is 0.0687 e. The van der Waals surface area contributed by atoms with Gasteiger partial charge in [0.05, 0.1) is 13.2 Å². The van der Waals surface area contributed by atoms with Gasteiger partial charge in [0.25, 0.3) is 0 Å². The lowest BCUT2D eigenvalue weighted by Crippen LogP contribution is -2.21. The van der Waals surface area contributed by atoms with Crippen LogP contribution < -0.4 is 0 Å². The molecule has 52 valence electrons. The summed E-state index contributed by atoms with van der Waals surface area (Å²) in [7, 11) is 2.08. The van der Waals surface area contributed by atoms with E-state index in [0.717, 1.165) is 26.3 Å². The molecular formula is C7H13NO. The lowest BCUT2D eigenvalue weighted by molar-refractivity contribution is 0.156. The molecule has 1 heterocycles. The van der Waals surface area contributed by atoms with Crippen LogP contribution in [0, 0.1) is 0 Å². The van der Waals surface area contributed by atoms with Crippen molar-refractivity contribution in [1.29, 1.82) is 0 Å². The second-order valence-electron chi connectivity index (χ2n) is 2.54. The SMILES string of the molecule is C=C1COCCN(C)C1. The van der Waals surface area contributed by atoms with Crippen molar-refractivity contribution in [2.24, 2.45) is 0 Å². The molecular weight excluding hydrogens is 114 g/mol. The van der Waals surface area contributed by atoms with Crippen LogP contribution in [-0.2, 0) is 4.74 Å². The van der Waals surface area contributed by atoms with Crippen molar-refractivity contribution in [2.75, 3.05) is 33.4 Å². The molecule has 0 saturated carbocycles. The van der Waals surface area contributed by atoms with Crippen molar-refractivity contribution < 1.29 is 4.74 Å². The molecule has 1 aliphatic heterocycles. The third-order valence-electron chi connectivity index (χ3n) is 1.42. The Balaban J connectivity index is 2.37. The Kier molecular flexibility index (Phi) is 2.25. The van der Waals surface area contributed by atoms with Crippen molar-refractivity contribution in [3.05, 3.63) is 12.2 Å². The van der Waals surface area contributed by atoms with Crippen molar-refractivity contribution in [3.8, 4) is 0 Å². The Bertz CT molecular complexity index is 111. The molecule has 0 aromatic rings. The molecule has 0 N–H and O–H groups in total. The van der Waals surface area contributed by atoms with Crippen LogP contribution in [0.15, 0.2) is 12.2 Å². The summed E-state index contributed by atoms with van der Waals surface area (Å²) in [6.45, 7) is 7.45. The van der Waals surface area contributed by atoms with E-state index in [-0.39, 0.29) is 0 Å². The van der Waals surface area contributed by atoms with Gasteiger partial charge in [0.2, 0.25) is 0 Å². The number of hydrogen-bond donors (Lipinski definition) is 0. The minimum absolute atomic E-state index is 0.740. The maximum atomic E-state index is 5.24. The van der Waals surface area contributed by atoms with Crippen LogP contribution in [0.25, 0.3) is 0 Å². The van der Waals surface area contributed by atoms with Crippen LogP contribution in [0.4, 0.5) is 0 Å². The monoisotopic (exact) mass is 127 g/mol. The van der Waals surface area contributed by atoms with E-state index in [1.54, 1.807) is 0 Å². The predicted octanol–water partition coefficient (Wildman–Crippen LogP) is 0.505. The first-order valence-corrected chi connectivity index (χ1v) is 3.22. The summed E-state index contributed by atoms with van der Waals surface area (Å²) in [4.78, 5) is 2.22. The van der Waals surface area contributed by atoms with Crippen LogP contribution in [0.3, 0.4) is 0 Å². The summed E-state index contributed by atoms with van der Waals surface area (Å²) < 4.78 is 5.24. The number of nitrogens with zero attached hydrogens (tertiary/aromatic N) is 1. The highest BCUT2D eigenvalue weighted by atomic mass is 16.5. The molecule has 0 radical (unpaired) electrons. The third kappa shape index (κ3) is 2.16. The molecule has 2 heteroatoms. The van der Waals surface area contributed by atoms with Crippen molar-refractivity contribution in [2.45, 2.75) is 0 Å². The fraction of sp³-hybridized carbons (Fsp3) is 0.714. The minimum atomic E-state index is 0.740. The molecule has 1 fully saturated rings. The molecule has 2 nitrogen and oxygen atoms in total. The Hall–Kier alpha value is -0.340. The van der Waals surface area contributed by atoms with Gasteiger partial charge in [-0.3, -0.25) is 0 Å².